The molecule has 0 aliphatic carbocycles. The molecule has 4 aromatic rings. The third-order valence-electron chi connectivity index (χ3n) is 5.57. The van der Waals surface area contributed by atoms with Crippen LogP contribution in [-0.2, 0) is 6.54 Å². The Balaban J connectivity index is 1.60. The minimum atomic E-state index is -0.234. The van der Waals surface area contributed by atoms with E-state index < -0.39 is 0 Å². The van der Waals surface area contributed by atoms with E-state index in [-0.39, 0.29) is 6.10 Å². The molecule has 0 amide bonds. The molecule has 1 atom stereocenters. The number of nitrogens with zero attached hydrogens (tertiary/aromatic N) is 5. The van der Waals surface area contributed by atoms with Gasteiger partial charge in [0.1, 0.15) is 11.4 Å². The summed E-state index contributed by atoms with van der Waals surface area (Å²) >= 11 is 6.89. The molecule has 1 N–H and O–H groups in total. The van der Waals surface area contributed by atoms with Gasteiger partial charge >= 0.3 is 0 Å². The van der Waals surface area contributed by atoms with Crippen LogP contribution in [0, 0.1) is 0 Å². The summed E-state index contributed by atoms with van der Waals surface area (Å²) in [6, 6.07) is 19.9. The van der Waals surface area contributed by atoms with Crippen LogP contribution in [-0.4, -0.2) is 55.7 Å². The van der Waals surface area contributed by atoms with E-state index in [1.807, 2.05) is 65.3 Å². The van der Waals surface area contributed by atoms with Crippen molar-refractivity contribution in [3.05, 3.63) is 65.7 Å². The molecule has 1 unspecified atom stereocenters. The number of hydrogen-bond donors (Lipinski definition) is 1. The van der Waals surface area contributed by atoms with Crippen LogP contribution in [0.25, 0.3) is 33.5 Å². The highest BCUT2D eigenvalue weighted by atomic mass is 35.5. The zero-order valence-corrected chi connectivity index (χ0v) is 17.2. The summed E-state index contributed by atoms with van der Waals surface area (Å²) < 4.78 is 1.88. The number of aromatic nitrogens is 4. The first-order chi connectivity index (χ1) is 14.7. The van der Waals surface area contributed by atoms with E-state index >= 15 is 0 Å². The lowest BCUT2D eigenvalue weighted by molar-refractivity contribution is 0.175. The number of aliphatic hydroxyl groups excluding tert-OH is 1. The zero-order chi connectivity index (χ0) is 20.5. The summed E-state index contributed by atoms with van der Waals surface area (Å²) in [5, 5.41) is 25.0. The van der Waals surface area contributed by atoms with Crippen LogP contribution in [0.15, 0.2) is 60.7 Å². The maximum absolute atomic E-state index is 9.79. The Morgan fingerprint density at radius 1 is 0.900 bits per heavy atom. The zero-order valence-electron chi connectivity index (χ0n) is 16.4. The van der Waals surface area contributed by atoms with Gasteiger partial charge in [0.15, 0.2) is 5.65 Å². The van der Waals surface area contributed by atoms with Crippen molar-refractivity contribution in [3.63, 3.8) is 0 Å². The van der Waals surface area contributed by atoms with Crippen LogP contribution in [0.4, 0.5) is 0 Å². The van der Waals surface area contributed by atoms with E-state index in [1.54, 1.807) is 0 Å². The second-order valence-electron chi connectivity index (χ2n) is 7.61. The van der Waals surface area contributed by atoms with Crippen LogP contribution >= 0.6 is 11.6 Å². The van der Waals surface area contributed by atoms with Crippen LogP contribution in [0.1, 0.15) is 6.42 Å². The fourth-order valence-electron chi connectivity index (χ4n) is 4.00. The molecule has 1 saturated heterocycles. The third-order valence-corrected chi connectivity index (χ3v) is 5.94. The minimum Gasteiger partial charge on any atom is -0.392 e. The van der Waals surface area contributed by atoms with E-state index in [9.17, 15) is 5.11 Å². The highest BCUT2D eigenvalue weighted by Gasteiger charge is 2.23. The number of fused-ring (bicyclic) bond motifs is 1. The Labute approximate surface area is 179 Å². The average molecular weight is 420 g/mol. The standard InChI is InChI=1S/C23H22ClN5O/c24-20-19-21(16-7-3-1-4-8-16)27-29(14-13-28-12-11-18(30)15-28)23(19)26-25-22(20)17-9-5-2-6-10-17/h1-10,18,30H,11-15H2. The second kappa shape index (κ2) is 8.14. The summed E-state index contributed by atoms with van der Waals surface area (Å²) in [4.78, 5) is 2.24. The lowest BCUT2D eigenvalue weighted by Gasteiger charge is -2.14. The largest absolute Gasteiger partial charge is 0.392 e. The van der Waals surface area contributed by atoms with Crippen LogP contribution in [0.5, 0.6) is 0 Å². The maximum atomic E-state index is 9.79. The van der Waals surface area contributed by atoms with Crippen molar-refractivity contribution in [2.24, 2.45) is 0 Å². The highest BCUT2D eigenvalue weighted by Crippen LogP contribution is 2.37. The number of aliphatic hydroxyl groups is 1. The normalized spacial score (nSPS) is 17.1. The van der Waals surface area contributed by atoms with Crippen LogP contribution in [0.2, 0.25) is 5.02 Å². The fourth-order valence-corrected chi connectivity index (χ4v) is 4.32. The molecule has 0 radical (unpaired) electrons. The van der Waals surface area contributed by atoms with Gasteiger partial charge in [-0.1, -0.05) is 72.3 Å². The van der Waals surface area contributed by atoms with Gasteiger partial charge in [0.25, 0.3) is 0 Å². The van der Waals surface area contributed by atoms with Crippen molar-refractivity contribution in [2.45, 2.75) is 19.1 Å². The quantitative estimate of drug-likeness (QED) is 0.531. The smallest absolute Gasteiger partial charge is 0.182 e. The molecule has 0 spiro atoms. The predicted molar refractivity (Wildman–Crippen MR) is 118 cm³/mol. The van der Waals surface area contributed by atoms with Gasteiger partial charge < -0.3 is 5.11 Å². The van der Waals surface area contributed by atoms with Gasteiger partial charge in [0, 0.05) is 30.8 Å². The summed E-state index contributed by atoms with van der Waals surface area (Å²) in [5.74, 6) is 0. The molecule has 0 bridgehead atoms. The number of benzene rings is 2. The number of halogens is 1. The van der Waals surface area contributed by atoms with Crippen LogP contribution in [0.3, 0.4) is 0 Å². The Bertz CT molecular complexity index is 1160. The molecule has 3 heterocycles. The Hall–Kier alpha value is -2.80. The molecule has 2 aromatic heterocycles. The Kier molecular flexibility index (Phi) is 5.21. The second-order valence-corrected chi connectivity index (χ2v) is 7.99. The van der Waals surface area contributed by atoms with Crippen molar-refractivity contribution in [3.8, 4) is 22.5 Å². The van der Waals surface area contributed by atoms with E-state index in [1.165, 1.54) is 0 Å². The summed E-state index contributed by atoms with van der Waals surface area (Å²) in [5.41, 5.74) is 4.06. The topological polar surface area (TPSA) is 67.1 Å². The van der Waals surface area contributed by atoms with Crippen molar-refractivity contribution >= 4 is 22.6 Å². The molecule has 1 fully saturated rings. The average Bonchev–Trinajstić information content (AvgIpc) is 3.37. The Morgan fingerprint density at radius 3 is 2.20 bits per heavy atom. The molecule has 2 aromatic carbocycles. The number of likely N-dealkylation sites (tertiary alicyclic amines) is 1. The molecular weight excluding hydrogens is 398 g/mol. The first-order valence-corrected chi connectivity index (χ1v) is 10.5. The van der Waals surface area contributed by atoms with Crippen molar-refractivity contribution in [1.29, 1.82) is 0 Å². The fraction of sp³-hybridized carbons (Fsp3) is 0.261. The van der Waals surface area contributed by atoms with E-state index in [0.717, 1.165) is 41.7 Å². The molecule has 1 aliphatic heterocycles. The first kappa shape index (κ1) is 19.2. The third kappa shape index (κ3) is 3.58. The Morgan fingerprint density at radius 2 is 1.57 bits per heavy atom. The van der Waals surface area contributed by atoms with Crippen molar-refractivity contribution in [2.75, 3.05) is 19.6 Å². The van der Waals surface area contributed by atoms with Gasteiger partial charge in [0.2, 0.25) is 0 Å². The molecule has 7 heteroatoms. The molecule has 30 heavy (non-hydrogen) atoms. The summed E-state index contributed by atoms with van der Waals surface area (Å²) in [6.45, 7) is 3.05. The summed E-state index contributed by atoms with van der Waals surface area (Å²) in [6.07, 6.45) is 0.586. The van der Waals surface area contributed by atoms with E-state index in [0.29, 0.717) is 29.5 Å². The summed E-state index contributed by atoms with van der Waals surface area (Å²) in [7, 11) is 0. The molecule has 152 valence electrons. The van der Waals surface area contributed by atoms with Crippen molar-refractivity contribution in [1.82, 2.24) is 24.9 Å². The number of β-amino-alcohol motifs (C(OH)–C–C–N with tert-alkyl or cyclic N) is 1. The minimum absolute atomic E-state index is 0.234. The highest BCUT2D eigenvalue weighted by molar-refractivity contribution is 6.38. The van der Waals surface area contributed by atoms with Crippen LogP contribution < -0.4 is 0 Å². The lowest BCUT2D eigenvalue weighted by Crippen LogP contribution is -2.26. The first-order valence-electron chi connectivity index (χ1n) is 10.1. The predicted octanol–water partition coefficient (Wildman–Crippen LogP) is 3.88. The number of rotatable bonds is 5. The maximum Gasteiger partial charge on any atom is 0.182 e. The van der Waals surface area contributed by atoms with Gasteiger partial charge in [0.05, 0.1) is 23.1 Å². The molecule has 0 saturated carbocycles. The van der Waals surface area contributed by atoms with Crippen molar-refractivity contribution < 1.29 is 5.11 Å². The monoisotopic (exact) mass is 419 g/mol. The van der Waals surface area contributed by atoms with Gasteiger partial charge in [-0.05, 0) is 6.42 Å². The SMILES string of the molecule is OC1CCN(CCn2nc(-c3ccccc3)c3c(Cl)c(-c4ccccc4)nnc32)C1. The molecule has 1 aliphatic rings. The van der Waals surface area contributed by atoms with E-state index in [4.69, 9.17) is 16.7 Å². The van der Waals surface area contributed by atoms with Gasteiger partial charge in [-0.3, -0.25) is 4.90 Å². The van der Waals surface area contributed by atoms with Gasteiger partial charge in [-0.15, -0.1) is 10.2 Å². The lowest BCUT2D eigenvalue weighted by atomic mass is 10.1. The van der Waals surface area contributed by atoms with Gasteiger partial charge in [-0.2, -0.15) is 5.10 Å². The molecule has 6 nitrogen and oxygen atoms in total. The number of hydrogen-bond acceptors (Lipinski definition) is 5. The van der Waals surface area contributed by atoms with E-state index in [2.05, 4.69) is 15.1 Å². The molecule has 5 rings (SSSR count). The molecular formula is C23H22ClN5O. The van der Waals surface area contributed by atoms with Gasteiger partial charge in [-0.25, -0.2) is 4.68 Å².